The maximum Gasteiger partial charge on any atom is 0.274 e. The molecule has 1 aromatic heterocycles. The van der Waals surface area contributed by atoms with Gasteiger partial charge in [0.15, 0.2) is 0 Å². The van der Waals surface area contributed by atoms with Gasteiger partial charge in [-0.3, -0.25) is 0 Å². The Morgan fingerprint density at radius 1 is 1.40 bits per heavy atom. The lowest BCUT2D eigenvalue weighted by molar-refractivity contribution is 0.198. The number of nitrogens with one attached hydrogen (secondary N) is 2. The first-order chi connectivity index (χ1) is 9.45. The Balaban J connectivity index is 1.93. The van der Waals surface area contributed by atoms with Crippen LogP contribution in [0.3, 0.4) is 0 Å². The Labute approximate surface area is 119 Å². The number of furan rings is 1. The SMILES string of the molecule is COCCNCc1ccc(S(=O)(=O)NC2(C)CCC2)o1. The van der Waals surface area contributed by atoms with E-state index >= 15 is 0 Å². The van der Waals surface area contributed by atoms with Gasteiger partial charge < -0.3 is 14.5 Å². The van der Waals surface area contributed by atoms with Gasteiger partial charge in [0.2, 0.25) is 5.09 Å². The number of hydrogen-bond donors (Lipinski definition) is 2. The summed E-state index contributed by atoms with van der Waals surface area (Å²) in [7, 11) is -1.93. The van der Waals surface area contributed by atoms with Gasteiger partial charge in [0.25, 0.3) is 10.0 Å². The third-order valence-corrected chi connectivity index (χ3v) is 5.03. The maximum absolute atomic E-state index is 12.2. The molecule has 7 heteroatoms. The summed E-state index contributed by atoms with van der Waals surface area (Å²) in [6.07, 6.45) is 2.81. The lowest BCUT2D eigenvalue weighted by atomic mass is 9.80. The summed E-state index contributed by atoms with van der Waals surface area (Å²) in [5.41, 5.74) is -0.317. The molecule has 20 heavy (non-hydrogen) atoms. The van der Waals surface area contributed by atoms with Crippen molar-refractivity contribution in [3.8, 4) is 0 Å². The van der Waals surface area contributed by atoms with Gasteiger partial charge in [-0.2, -0.15) is 0 Å². The highest BCUT2D eigenvalue weighted by Crippen LogP contribution is 2.32. The van der Waals surface area contributed by atoms with E-state index in [0.29, 0.717) is 25.5 Å². The highest BCUT2D eigenvalue weighted by molar-refractivity contribution is 7.89. The minimum absolute atomic E-state index is 0.0193. The second-order valence-corrected chi connectivity index (χ2v) is 7.02. The minimum Gasteiger partial charge on any atom is -0.447 e. The van der Waals surface area contributed by atoms with E-state index in [1.54, 1.807) is 13.2 Å². The molecule has 1 aliphatic carbocycles. The molecule has 0 saturated heterocycles. The first-order valence-corrected chi connectivity index (χ1v) is 8.26. The highest BCUT2D eigenvalue weighted by atomic mass is 32.2. The second kappa shape index (κ2) is 6.26. The molecule has 0 amide bonds. The fourth-order valence-corrected chi connectivity index (χ4v) is 3.58. The summed E-state index contributed by atoms with van der Waals surface area (Å²) in [6.45, 7) is 3.70. The van der Waals surface area contributed by atoms with Crippen LogP contribution in [0.15, 0.2) is 21.6 Å². The molecule has 1 saturated carbocycles. The van der Waals surface area contributed by atoms with Crippen LogP contribution in [-0.2, 0) is 21.3 Å². The van der Waals surface area contributed by atoms with E-state index in [2.05, 4.69) is 10.0 Å². The molecule has 1 aromatic rings. The predicted molar refractivity (Wildman–Crippen MR) is 74.9 cm³/mol. The molecule has 0 bridgehead atoms. The van der Waals surface area contributed by atoms with Crippen molar-refractivity contribution in [3.63, 3.8) is 0 Å². The van der Waals surface area contributed by atoms with E-state index in [-0.39, 0.29) is 10.6 Å². The van der Waals surface area contributed by atoms with E-state index in [4.69, 9.17) is 9.15 Å². The number of hydrogen-bond acceptors (Lipinski definition) is 5. The Morgan fingerprint density at radius 2 is 2.15 bits per heavy atom. The topological polar surface area (TPSA) is 80.6 Å². The molecular formula is C13H22N2O4S. The molecule has 0 atom stereocenters. The van der Waals surface area contributed by atoms with Crippen molar-refractivity contribution in [2.45, 2.75) is 43.4 Å². The van der Waals surface area contributed by atoms with Crippen molar-refractivity contribution in [2.24, 2.45) is 0 Å². The Morgan fingerprint density at radius 3 is 2.75 bits per heavy atom. The maximum atomic E-state index is 12.2. The predicted octanol–water partition coefficient (Wildman–Crippen LogP) is 1.24. The van der Waals surface area contributed by atoms with Crippen LogP contribution in [0, 0.1) is 0 Å². The van der Waals surface area contributed by atoms with Crippen molar-refractivity contribution in [1.29, 1.82) is 0 Å². The highest BCUT2D eigenvalue weighted by Gasteiger charge is 2.37. The third-order valence-electron chi connectivity index (χ3n) is 3.52. The smallest absolute Gasteiger partial charge is 0.274 e. The fourth-order valence-electron chi connectivity index (χ4n) is 2.17. The molecule has 6 nitrogen and oxygen atoms in total. The largest absolute Gasteiger partial charge is 0.447 e. The third kappa shape index (κ3) is 3.82. The van der Waals surface area contributed by atoms with Crippen molar-refractivity contribution in [3.05, 3.63) is 17.9 Å². The molecule has 2 rings (SSSR count). The van der Waals surface area contributed by atoms with Gasteiger partial charge in [-0.25, -0.2) is 13.1 Å². The van der Waals surface area contributed by atoms with Gasteiger partial charge in [0, 0.05) is 19.2 Å². The summed E-state index contributed by atoms with van der Waals surface area (Å²) in [5, 5.41) is 3.08. The molecule has 0 aliphatic heterocycles. The molecule has 1 aliphatic rings. The van der Waals surface area contributed by atoms with Gasteiger partial charge in [-0.15, -0.1) is 0 Å². The van der Waals surface area contributed by atoms with Crippen LogP contribution in [0.5, 0.6) is 0 Å². The molecule has 0 aromatic carbocycles. The Bertz CT molecular complexity index is 534. The van der Waals surface area contributed by atoms with Crippen LogP contribution >= 0.6 is 0 Å². The van der Waals surface area contributed by atoms with Gasteiger partial charge in [0.05, 0.1) is 13.2 Å². The zero-order chi connectivity index (χ0) is 14.6. The summed E-state index contributed by atoms with van der Waals surface area (Å²) in [6, 6.07) is 3.18. The van der Waals surface area contributed by atoms with Gasteiger partial charge in [-0.05, 0) is 38.3 Å². The summed E-state index contributed by atoms with van der Waals surface area (Å²) >= 11 is 0. The zero-order valence-electron chi connectivity index (χ0n) is 11.9. The van der Waals surface area contributed by atoms with Crippen LogP contribution in [-0.4, -0.2) is 34.2 Å². The molecule has 0 unspecified atom stereocenters. The van der Waals surface area contributed by atoms with Gasteiger partial charge >= 0.3 is 0 Å². The van der Waals surface area contributed by atoms with Crippen LogP contribution in [0.1, 0.15) is 31.9 Å². The van der Waals surface area contributed by atoms with Crippen molar-refractivity contribution >= 4 is 10.0 Å². The molecule has 2 N–H and O–H groups in total. The number of sulfonamides is 1. The van der Waals surface area contributed by atoms with Crippen LogP contribution in [0.4, 0.5) is 0 Å². The van der Waals surface area contributed by atoms with Gasteiger partial charge in [-0.1, -0.05) is 0 Å². The monoisotopic (exact) mass is 302 g/mol. The second-order valence-electron chi connectivity index (χ2n) is 5.41. The normalized spacial score (nSPS) is 17.9. The fraction of sp³-hybridized carbons (Fsp3) is 0.692. The number of rotatable bonds is 8. The first kappa shape index (κ1) is 15.5. The minimum atomic E-state index is -3.56. The molecular weight excluding hydrogens is 280 g/mol. The number of methoxy groups -OCH3 is 1. The summed E-state index contributed by atoms with van der Waals surface area (Å²) in [5.74, 6) is 0.597. The van der Waals surface area contributed by atoms with Crippen LogP contribution < -0.4 is 10.0 Å². The lowest BCUT2D eigenvalue weighted by Gasteiger charge is -2.38. The molecule has 1 fully saturated rings. The molecule has 0 radical (unpaired) electrons. The molecule has 114 valence electrons. The summed E-state index contributed by atoms with van der Waals surface area (Å²) < 4.78 is 37.4. The average molecular weight is 302 g/mol. The molecule has 1 heterocycles. The van der Waals surface area contributed by atoms with Crippen LogP contribution in [0.25, 0.3) is 0 Å². The quantitative estimate of drug-likeness (QED) is 0.706. The number of ether oxygens (including phenoxy) is 1. The van der Waals surface area contributed by atoms with E-state index in [1.807, 2.05) is 6.92 Å². The van der Waals surface area contributed by atoms with Crippen molar-refractivity contribution in [2.75, 3.05) is 20.3 Å². The zero-order valence-corrected chi connectivity index (χ0v) is 12.8. The Kier molecular flexibility index (Phi) is 4.85. The lowest BCUT2D eigenvalue weighted by Crippen LogP contribution is -2.50. The van der Waals surface area contributed by atoms with E-state index in [0.717, 1.165) is 19.3 Å². The molecule has 0 spiro atoms. The van der Waals surface area contributed by atoms with E-state index in [9.17, 15) is 8.42 Å². The average Bonchev–Trinajstić information content (AvgIpc) is 2.82. The van der Waals surface area contributed by atoms with E-state index < -0.39 is 10.0 Å². The van der Waals surface area contributed by atoms with Crippen molar-refractivity contribution in [1.82, 2.24) is 10.0 Å². The van der Waals surface area contributed by atoms with Crippen molar-refractivity contribution < 1.29 is 17.6 Å². The van der Waals surface area contributed by atoms with E-state index in [1.165, 1.54) is 6.07 Å². The summed E-state index contributed by atoms with van der Waals surface area (Å²) in [4.78, 5) is 0. The first-order valence-electron chi connectivity index (χ1n) is 6.78. The standard InChI is InChI=1S/C13H22N2O4S/c1-13(6-3-7-13)15-20(16,17)12-5-4-11(19-12)10-14-8-9-18-2/h4-5,14-15H,3,6-10H2,1-2H3. The van der Waals surface area contributed by atoms with Gasteiger partial charge in [0.1, 0.15) is 5.76 Å². The van der Waals surface area contributed by atoms with Crippen LogP contribution in [0.2, 0.25) is 0 Å². The Hall–Kier alpha value is -0.890.